The van der Waals surface area contributed by atoms with Crippen molar-refractivity contribution in [3.05, 3.63) is 28.8 Å². The number of carbonyl (C=O) groups excluding carboxylic acids is 1. The van der Waals surface area contributed by atoms with Crippen molar-refractivity contribution in [3.63, 3.8) is 0 Å². The summed E-state index contributed by atoms with van der Waals surface area (Å²) in [6.45, 7) is 6.25. The fourth-order valence-electron chi connectivity index (χ4n) is 2.14. The molecule has 1 fully saturated rings. The van der Waals surface area contributed by atoms with Crippen LogP contribution in [0.1, 0.15) is 24.2 Å². The van der Waals surface area contributed by atoms with Crippen molar-refractivity contribution in [1.82, 2.24) is 10.2 Å². The van der Waals surface area contributed by atoms with E-state index in [9.17, 15) is 9.90 Å². The number of nitrogens with zero attached hydrogens (tertiary/aromatic N) is 1. The van der Waals surface area contributed by atoms with E-state index in [0.29, 0.717) is 18.7 Å². The van der Waals surface area contributed by atoms with Crippen molar-refractivity contribution in [1.29, 1.82) is 0 Å². The second kappa shape index (κ2) is 4.78. The van der Waals surface area contributed by atoms with Gasteiger partial charge in [0.2, 0.25) is 0 Å². The molecule has 0 bridgehead atoms. The molecular weight excluding hydrogens is 252 g/mol. The highest BCUT2D eigenvalue weighted by atomic mass is 35.5. The molecule has 1 saturated heterocycles. The molecule has 1 heterocycles. The molecule has 0 spiro atoms. The summed E-state index contributed by atoms with van der Waals surface area (Å²) in [6, 6.07) is 4.55. The van der Waals surface area contributed by atoms with Crippen LogP contribution in [0.4, 0.5) is 0 Å². The van der Waals surface area contributed by atoms with Crippen molar-refractivity contribution >= 4 is 17.5 Å². The van der Waals surface area contributed by atoms with Crippen LogP contribution in [0.5, 0.6) is 5.75 Å². The minimum atomic E-state index is -0.0748. The van der Waals surface area contributed by atoms with Gasteiger partial charge in [0.15, 0.2) is 0 Å². The van der Waals surface area contributed by atoms with Crippen LogP contribution in [-0.2, 0) is 0 Å². The number of aromatic hydroxyl groups is 1. The van der Waals surface area contributed by atoms with Crippen molar-refractivity contribution < 1.29 is 9.90 Å². The van der Waals surface area contributed by atoms with Gasteiger partial charge >= 0.3 is 0 Å². The lowest BCUT2D eigenvalue weighted by Crippen LogP contribution is -2.58. The molecular formula is C13H17ClN2O2. The highest BCUT2D eigenvalue weighted by Gasteiger charge is 2.29. The van der Waals surface area contributed by atoms with E-state index in [1.165, 1.54) is 12.1 Å². The van der Waals surface area contributed by atoms with Gasteiger partial charge < -0.3 is 15.3 Å². The number of rotatable bonds is 1. The second-order valence-electron chi connectivity index (χ2n) is 5.20. The number of carbonyl (C=O) groups is 1. The SMILES string of the molecule is CC1(C)CN(C(=O)c2ccc(O)c(Cl)c2)CCN1. The molecule has 98 valence electrons. The average molecular weight is 269 g/mol. The number of phenolic OH excluding ortho intramolecular Hbond substituents is 1. The summed E-state index contributed by atoms with van der Waals surface area (Å²) in [6.07, 6.45) is 0. The summed E-state index contributed by atoms with van der Waals surface area (Å²) in [5, 5.41) is 12.9. The van der Waals surface area contributed by atoms with Gasteiger partial charge in [0, 0.05) is 30.7 Å². The van der Waals surface area contributed by atoms with Crippen LogP contribution in [0.3, 0.4) is 0 Å². The highest BCUT2D eigenvalue weighted by Crippen LogP contribution is 2.24. The maximum Gasteiger partial charge on any atom is 0.254 e. The Balaban J connectivity index is 2.18. The lowest BCUT2D eigenvalue weighted by molar-refractivity contribution is 0.0652. The topological polar surface area (TPSA) is 52.6 Å². The van der Waals surface area contributed by atoms with E-state index in [1.54, 1.807) is 11.0 Å². The monoisotopic (exact) mass is 268 g/mol. The largest absolute Gasteiger partial charge is 0.506 e. The molecule has 2 N–H and O–H groups in total. The van der Waals surface area contributed by atoms with E-state index in [0.717, 1.165) is 6.54 Å². The number of halogens is 1. The van der Waals surface area contributed by atoms with Gasteiger partial charge in [0.1, 0.15) is 5.75 Å². The smallest absolute Gasteiger partial charge is 0.254 e. The predicted molar refractivity (Wildman–Crippen MR) is 71.1 cm³/mol. The Bertz CT molecular complexity index is 474. The van der Waals surface area contributed by atoms with Crippen molar-refractivity contribution in [2.45, 2.75) is 19.4 Å². The van der Waals surface area contributed by atoms with Gasteiger partial charge in [0.05, 0.1) is 5.02 Å². The van der Waals surface area contributed by atoms with Crippen molar-refractivity contribution in [2.24, 2.45) is 0 Å². The first-order valence-corrected chi connectivity index (χ1v) is 6.30. The zero-order valence-electron chi connectivity index (χ0n) is 10.5. The Morgan fingerprint density at radius 3 is 2.83 bits per heavy atom. The van der Waals surface area contributed by atoms with Gasteiger partial charge in [-0.1, -0.05) is 11.6 Å². The Morgan fingerprint density at radius 2 is 2.22 bits per heavy atom. The lowest BCUT2D eigenvalue weighted by Gasteiger charge is -2.39. The molecule has 18 heavy (non-hydrogen) atoms. The number of benzene rings is 1. The first-order valence-electron chi connectivity index (χ1n) is 5.92. The van der Waals surface area contributed by atoms with E-state index in [2.05, 4.69) is 19.2 Å². The molecule has 0 unspecified atom stereocenters. The van der Waals surface area contributed by atoms with Crippen LogP contribution in [0.2, 0.25) is 5.02 Å². The number of hydrogen-bond acceptors (Lipinski definition) is 3. The molecule has 0 aliphatic carbocycles. The second-order valence-corrected chi connectivity index (χ2v) is 5.61. The van der Waals surface area contributed by atoms with Gasteiger partial charge in [0.25, 0.3) is 5.91 Å². The maximum absolute atomic E-state index is 12.3. The zero-order chi connectivity index (χ0) is 13.3. The fraction of sp³-hybridized carbons (Fsp3) is 0.462. The van der Waals surface area contributed by atoms with Crippen molar-refractivity contribution in [3.8, 4) is 5.75 Å². The number of amides is 1. The molecule has 4 nitrogen and oxygen atoms in total. The van der Waals surface area contributed by atoms with Crippen LogP contribution >= 0.6 is 11.6 Å². The van der Waals surface area contributed by atoms with E-state index in [1.807, 2.05) is 0 Å². The van der Waals surface area contributed by atoms with Gasteiger partial charge in [-0.05, 0) is 32.0 Å². The molecule has 1 amide bonds. The first kappa shape index (κ1) is 13.2. The third-order valence-electron chi connectivity index (χ3n) is 3.05. The number of nitrogens with one attached hydrogen (secondary N) is 1. The first-order chi connectivity index (χ1) is 8.39. The minimum Gasteiger partial charge on any atom is -0.506 e. The highest BCUT2D eigenvalue weighted by molar-refractivity contribution is 6.32. The van der Waals surface area contributed by atoms with Crippen LogP contribution < -0.4 is 5.32 Å². The van der Waals surface area contributed by atoms with Crippen LogP contribution in [0.15, 0.2) is 18.2 Å². The van der Waals surface area contributed by atoms with Gasteiger partial charge in [-0.2, -0.15) is 0 Å². The molecule has 0 aromatic heterocycles. The normalized spacial score (nSPS) is 18.7. The lowest BCUT2D eigenvalue weighted by atomic mass is 10.0. The van der Waals surface area contributed by atoms with E-state index in [-0.39, 0.29) is 22.2 Å². The molecule has 0 radical (unpaired) electrons. The number of hydrogen-bond donors (Lipinski definition) is 2. The summed E-state index contributed by atoms with van der Waals surface area (Å²) >= 11 is 5.82. The molecule has 1 aromatic rings. The quantitative estimate of drug-likeness (QED) is 0.818. The summed E-state index contributed by atoms with van der Waals surface area (Å²) in [5.74, 6) is -0.0552. The van der Waals surface area contributed by atoms with E-state index in [4.69, 9.17) is 11.6 Å². The van der Waals surface area contributed by atoms with Gasteiger partial charge in [-0.15, -0.1) is 0 Å². The minimum absolute atomic E-state index is 0.00569. The standard InChI is InChI=1S/C13H17ClN2O2/c1-13(2)8-16(6-5-15-13)12(18)9-3-4-11(17)10(14)7-9/h3-4,7,15,17H,5-6,8H2,1-2H3. The van der Waals surface area contributed by atoms with Gasteiger partial charge in [-0.3, -0.25) is 4.79 Å². The van der Waals surface area contributed by atoms with E-state index < -0.39 is 0 Å². The Labute approximate surface area is 112 Å². The number of phenols is 1. The summed E-state index contributed by atoms with van der Waals surface area (Å²) in [4.78, 5) is 14.1. The molecule has 2 rings (SSSR count). The molecule has 1 aliphatic rings. The fourth-order valence-corrected chi connectivity index (χ4v) is 2.32. The maximum atomic E-state index is 12.3. The van der Waals surface area contributed by atoms with E-state index >= 15 is 0 Å². The van der Waals surface area contributed by atoms with Crippen LogP contribution in [-0.4, -0.2) is 41.1 Å². The Morgan fingerprint density at radius 1 is 1.50 bits per heavy atom. The number of piperazine rings is 1. The zero-order valence-corrected chi connectivity index (χ0v) is 11.3. The Kier molecular flexibility index (Phi) is 3.50. The summed E-state index contributed by atoms with van der Waals surface area (Å²) in [5.41, 5.74) is 0.435. The Hall–Kier alpha value is -1.26. The summed E-state index contributed by atoms with van der Waals surface area (Å²) < 4.78 is 0. The van der Waals surface area contributed by atoms with Crippen molar-refractivity contribution in [2.75, 3.05) is 19.6 Å². The third kappa shape index (κ3) is 2.76. The molecule has 0 atom stereocenters. The van der Waals surface area contributed by atoms with Crippen LogP contribution in [0.25, 0.3) is 0 Å². The average Bonchev–Trinajstić information content (AvgIpc) is 2.30. The van der Waals surface area contributed by atoms with Crippen LogP contribution in [0, 0.1) is 0 Å². The summed E-state index contributed by atoms with van der Waals surface area (Å²) in [7, 11) is 0. The molecule has 0 saturated carbocycles. The molecule has 5 heteroatoms. The third-order valence-corrected chi connectivity index (χ3v) is 3.36. The predicted octanol–water partition coefficient (Wildman–Crippen LogP) is 1.87. The molecule has 1 aromatic carbocycles. The molecule has 1 aliphatic heterocycles. The van der Waals surface area contributed by atoms with Gasteiger partial charge in [-0.25, -0.2) is 0 Å².